The van der Waals surface area contributed by atoms with Crippen LogP contribution in [0.15, 0.2) is 42.5 Å². The Labute approximate surface area is 130 Å². The Morgan fingerprint density at radius 2 is 2.10 bits per heavy atom. The topological polar surface area (TPSA) is 51.2 Å². The predicted octanol–water partition coefficient (Wildman–Crippen LogP) is 4.21. The number of aromatic nitrogens is 1. The van der Waals surface area contributed by atoms with Crippen LogP contribution in [0.2, 0.25) is 5.02 Å². The van der Waals surface area contributed by atoms with E-state index in [9.17, 15) is 4.79 Å². The number of ether oxygens (including phenoxy) is 1. The molecule has 1 N–H and O–H groups in total. The van der Waals surface area contributed by atoms with Gasteiger partial charge in [0, 0.05) is 5.02 Å². The van der Waals surface area contributed by atoms with Gasteiger partial charge in [0.05, 0.1) is 22.9 Å². The molecule has 0 aliphatic carbocycles. The van der Waals surface area contributed by atoms with E-state index in [0.717, 1.165) is 10.2 Å². The number of para-hydroxylation sites is 1. The number of nitrogens with one attached hydrogen (secondary N) is 1. The maximum Gasteiger partial charge on any atom is 0.261 e. The number of anilines is 1. The molecular formula is C15H11ClN2O2S. The number of fused-ring (bicyclic) bond motifs is 1. The second kappa shape index (κ2) is 5.71. The molecule has 106 valence electrons. The van der Waals surface area contributed by atoms with Crippen molar-refractivity contribution in [1.29, 1.82) is 0 Å². The molecule has 3 aromatic rings. The van der Waals surface area contributed by atoms with Gasteiger partial charge in [0.1, 0.15) is 5.75 Å². The molecule has 1 amide bonds. The maximum absolute atomic E-state index is 12.3. The van der Waals surface area contributed by atoms with Gasteiger partial charge in [-0.25, -0.2) is 4.98 Å². The predicted molar refractivity (Wildman–Crippen MR) is 85.6 cm³/mol. The summed E-state index contributed by atoms with van der Waals surface area (Å²) in [6, 6.07) is 12.6. The van der Waals surface area contributed by atoms with E-state index in [0.29, 0.717) is 21.5 Å². The molecule has 0 atom stereocenters. The molecule has 2 aromatic carbocycles. The molecule has 0 aliphatic heterocycles. The Hall–Kier alpha value is -2.11. The number of hydrogen-bond donors (Lipinski definition) is 1. The van der Waals surface area contributed by atoms with Crippen LogP contribution in [-0.2, 0) is 0 Å². The number of hydrogen-bond acceptors (Lipinski definition) is 4. The number of halogens is 1. The van der Waals surface area contributed by atoms with Crippen molar-refractivity contribution in [3.63, 3.8) is 0 Å². The van der Waals surface area contributed by atoms with Crippen molar-refractivity contribution in [1.82, 2.24) is 4.98 Å². The van der Waals surface area contributed by atoms with Crippen LogP contribution in [0.5, 0.6) is 5.75 Å². The number of benzene rings is 2. The molecule has 6 heteroatoms. The average Bonchev–Trinajstić information content (AvgIpc) is 2.89. The van der Waals surface area contributed by atoms with Crippen molar-refractivity contribution in [3.8, 4) is 5.75 Å². The summed E-state index contributed by atoms with van der Waals surface area (Å²) in [4.78, 5) is 16.7. The average molecular weight is 319 g/mol. The van der Waals surface area contributed by atoms with E-state index in [1.54, 1.807) is 18.2 Å². The van der Waals surface area contributed by atoms with Gasteiger partial charge in [0.2, 0.25) is 0 Å². The number of rotatable bonds is 3. The number of carbonyl (C=O) groups excluding carboxylic acids is 1. The second-order valence-corrected chi connectivity index (χ2v) is 5.75. The number of nitrogens with zero attached hydrogens (tertiary/aromatic N) is 1. The van der Waals surface area contributed by atoms with Crippen LogP contribution >= 0.6 is 22.9 Å². The van der Waals surface area contributed by atoms with Crippen molar-refractivity contribution in [3.05, 3.63) is 53.1 Å². The minimum Gasteiger partial charge on any atom is -0.496 e. The van der Waals surface area contributed by atoms with Crippen LogP contribution in [0.1, 0.15) is 10.4 Å². The number of thiazole rings is 1. The smallest absolute Gasteiger partial charge is 0.261 e. The zero-order valence-corrected chi connectivity index (χ0v) is 12.7. The molecule has 21 heavy (non-hydrogen) atoms. The van der Waals surface area contributed by atoms with Crippen molar-refractivity contribution < 1.29 is 9.53 Å². The highest BCUT2D eigenvalue weighted by Crippen LogP contribution is 2.28. The van der Waals surface area contributed by atoms with Gasteiger partial charge in [0.25, 0.3) is 5.91 Å². The second-order valence-electron chi connectivity index (χ2n) is 4.29. The van der Waals surface area contributed by atoms with Crippen molar-refractivity contribution >= 4 is 44.2 Å². The van der Waals surface area contributed by atoms with Gasteiger partial charge in [-0.15, -0.1) is 0 Å². The van der Waals surface area contributed by atoms with E-state index in [1.165, 1.54) is 18.4 Å². The van der Waals surface area contributed by atoms with Gasteiger partial charge in [-0.2, -0.15) is 0 Å². The number of methoxy groups -OCH3 is 1. The molecule has 0 unspecified atom stereocenters. The lowest BCUT2D eigenvalue weighted by Crippen LogP contribution is -2.13. The molecule has 0 saturated carbocycles. The lowest BCUT2D eigenvalue weighted by molar-refractivity contribution is 0.102. The highest BCUT2D eigenvalue weighted by atomic mass is 35.5. The Bertz CT molecular complexity index is 783. The van der Waals surface area contributed by atoms with E-state index in [2.05, 4.69) is 10.3 Å². The van der Waals surface area contributed by atoms with Gasteiger partial charge in [0.15, 0.2) is 5.13 Å². The molecule has 0 aliphatic rings. The summed E-state index contributed by atoms with van der Waals surface area (Å²) in [7, 11) is 1.51. The minimum absolute atomic E-state index is 0.298. The Morgan fingerprint density at radius 1 is 1.29 bits per heavy atom. The maximum atomic E-state index is 12.3. The molecule has 0 spiro atoms. The molecular weight excluding hydrogens is 308 g/mol. The molecule has 1 aromatic heterocycles. The third-order valence-corrected chi connectivity index (χ3v) is 4.11. The molecule has 0 saturated heterocycles. The van der Waals surface area contributed by atoms with Crippen LogP contribution in [0.25, 0.3) is 10.2 Å². The standard InChI is InChI=1S/C15H11ClN2O2S/c1-20-12-7-6-9(16)8-10(12)14(19)18-15-17-11-4-2-3-5-13(11)21-15/h2-8H,1H3,(H,17,18,19). The summed E-state index contributed by atoms with van der Waals surface area (Å²) in [5.41, 5.74) is 1.24. The normalized spacial score (nSPS) is 10.6. The third kappa shape index (κ3) is 2.84. The summed E-state index contributed by atoms with van der Waals surface area (Å²) < 4.78 is 6.20. The summed E-state index contributed by atoms with van der Waals surface area (Å²) in [5, 5.41) is 3.80. The number of amides is 1. The minimum atomic E-state index is -0.298. The van der Waals surface area contributed by atoms with Crippen LogP contribution < -0.4 is 10.1 Å². The van der Waals surface area contributed by atoms with Crippen LogP contribution in [0.3, 0.4) is 0 Å². The lowest BCUT2D eigenvalue weighted by Gasteiger charge is -2.08. The first-order chi connectivity index (χ1) is 10.2. The summed E-state index contributed by atoms with van der Waals surface area (Å²) in [6.45, 7) is 0. The molecule has 3 rings (SSSR count). The molecule has 0 radical (unpaired) electrons. The fraction of sp³-hybridized carbons (Fsp3) is 0.0667. The summed E-state index contributed by atoms with van der Waals surface area (Å²) in [6.07, 6.45) is 0. The van der Waals surface area contributed by atoms with E-state index in [-0.39, 0.29) is 5.91 Å². The number of carbonyl (C=O) groups is 1. The molecule has 0 bridgehead atoms. The van der Waals surface area contributed by atoms with Gasteiger partial charge in [-0.05, 0) is 30.3 Å². The largest absolute Gasteiger partial charge is 0.496 e. The van der Waals surface area contributed by atoms with Gasteiger partial charge >= 0.3 is 0 Å². The SMILES string of the molecule is COc1ccc(Cl)cc1C(=O)Nc1nc2ccccc2s1. The van der Waals surface area contributed by atoms with E-state index in [1.807, 2.05) is 24.3 Å². The quantitative estimate of drug-likeness (QED) is 0.787. The zero-order valence-electron chi connectivity index (χ0n) is 11.1. The van der Waals surface area contributed by atoms with E-state index >= 15 is 0 Å². The Balaban J connectivity index is 1.90. The van der Waals surface area contributed by atoms with Gasteiger partial charge in [-0.3, -0.25) is 10.1 Å². The molecule has 4 nitrogen and oxygen atoms in total. The first-order valence-electron chi connectivity index (χ1n) is 6.18. The fourth-order valence-corrected chi connectivity index (χ4v) is 2.98. The van der Waals surface area contributed by atoms with Crippen molar-refractivity contribution in [2.24, 2.45) is 0 Å². The van der Waals surface area contributed by atoms with Crippen molar-refractivity contribution in [2.75, 3.05) is 12.4 Å². The van der Waals surface area contributed by atoms with Crippen LogP contribution in [-0.4, -0.2) is 18.0 Å². The Morgan fingerprint density at radius 3 is 2.86 bits per heavy atom. The molecule has 0 fully saturated rings. The third-order valence-electron chi connectivity index (χ3n) is 2.92. The van der Waals surface area contributed by atoms with E-state index in [4.69, 9.17) is 16.3 Å². The Kier molecular flexibility index (Phi) is 3.77. The van der Waals surface area contributed by atoms with Crippen LogP contribution in [0, 0.1) is 0 Å². The van der Waals surface area contributed by atoms with Gasteiger partial charge in [-0.1, -0.05) is 35.1 Å². The summed E-state index contributed by atoms with van der Waals surface area (Å²) in [5.74, 6) is 0.173. The van der Waals surface area contributed by atoms with Gasteiger partial charge < -0.3 is 4.74 Å². The molecule has 1 heterocycles. The first kappa shape index (κ1) is 13.9. The lowest BCUT2D eigenvalue weighted by atomic mass is 10.2. The highest BCUT2D eigenvalue weighted by molar-refractivity contribution is 7.22. The highest BCUT2D eigenvalue weighted by Gasteiger charge is 2.15. The zero-order chi connectivity index (χ0) is 14.8. The van der Waals surface area contributed by atoms with Crippen LogP contribution in [0.4, 0.5) is 5.13 Å². The summed E-state index contributed by atoms with van der Waals surface area (Å²) >= 11 is 7.36. The first-order valence-corrected chi connectivity index (χ1v) is 7.37. The fourth-order valence-electron chi connectivity index (χ4n) is 1.95. The monoisotopic (exact) mass is 318 g/mol. The van der Waals surface area contributed by atoms with E-state index < -0.39 is 0 Å². The van der Waals surface area contributed by atoms with Crippen molar-refractivity contribution in [2.45, 2.75) is 0 Å².